The quantitative estimate of drug-likeness (QED) is 0.186. The highest BCUT2D eigenvalue weighted by Gasteiger charge is 2.21. The molecule has 0 saturated carbocycles. The Hall–Kier alpha value is -6.43. The molecule has 7 aromatic carbocycles. The Morgan fingerprint density at radius 1 is 0.500 bits per heavy atom. The van der Waals surface area contributed by atoms with Crippen LogP contribution in [0, 0.1) is 0 Å². The molecule has 0 saturated heterocycles. The number of nitrogens with zero attached hydrogens (tertiary/aromatic N) is 4. The number of benzene rings is 7. The van der Waals surface area contributed by atoms with E-state index in [0.29, 0.717) is 11.6 Å². The predicted octanol–water partition coefficient (Wildman–Crippen LogP) is 12.7. The van der Waals surface area contributed by atoms with E-state index in [2.05, 4.69) is 162 Å². The first kappa shape index (κ1) is 29.3. The van der Waals surface area contributed by atoms with Gasteiger partial charge in [-0.3, -0.25) is 0 Å². The molecule has 52 heavy (non-hydrogen) atoms. The number of aromatic nitrogens is 4. The van der Waals surface area contributed by atoms with Gasteiger partial charge in [0, 0.05) is 37.4 Å². The summed E-state index contributed by atoms with van der Waals surface area (Å²) in [6.07, 6.45) is 8.34. The summed E-state index contributed by atoms with van der Waals surface area (Å²) >= 11 is 1.83. The highest BCUT2D eigenvalue weighted by molar-refractivity contribution is 7.26. The molecule has 0 amide bonds. The van der Waals surface area contributed by atoms with Gasteiger partial charge in [0.2, 0.25) is 0 Å². The minimum absolute atomic E-state index is 0.692. The van der Waals surface area contributed by atoms with E-state index in [1.807, 2.05) is 11.3 Å². The van der Waals surface area contributed by atoms with Crippen LogP contribution in [0.5, 0.6) is 0 Å². The number of hydrogen-bond acceptors (Lipinski definition) is 4. The fourth-order valence-corrected chi connectivity index (χ4v) is 9.27. The molecule has 0 radical (unpaired) electrons. The first-order valence-electron chi connectivity index (χ1n) is 17.8. The third-order valence-electron chi connectivity index (χ3n) is 10.5. The van der Waals surface area contributed by atoms with Crippen LogP contribution in [-0.2, 0) is 0 Å². The average molecular weight is 683 g/mol. The zero-order valence-electron chi connectivity index (χ0n) is 28.1. The van der Waals surface area contributed by atoms with Crippen LogP contribution in [0.4, 0.5) is 0 Å². The van der Waals surface area contributed by atoms with Crippen LogP contribution >= 0.6 is 11.3 Å². The van der Waals surface area contributed by atoms with Crippen molar-refractivity contribution >= 4 is 80.4 Å². The lowest BCUT2D eigenvalue weighted by Crippen LogP contribution is -2.03. The summed E-state index contributed by atoms with van der Waals surface area (Å²) in [5.41, 5.74) is 6.74. The van der Waals surface area contributed by atoms with Crippen molar-refractivity contribution in [2.45, 2.75) is 12.8 Å². The summed E-state index contributed by atoms with van der Waals surface area (Å²) in [6.45, 7) is 0. The van der Waals surface area contributed by atoms with Gasteiger partial charge >= 0.3 is 0 Å². The van der Waals surface area contributed by atoms with E-state index in [-0.39, 0.29) is 0 Å². The molecule has 0 spiro atoms. The molecule has 0 bridgehead atoms. The van der Waals surface area contributed by atoms with Crippen molar-refractivity contribution < 1.29 is 0 Å². The number of para-hydroxylation sites is 1. The summed E-state index contributed by atoms with van der Waals surface area (Å²) in [7, 11) is 0. The van der Waals surface area contributed by atoms with Crippen molar-refractivity contribution in [2.24, 2.45) is 0 Å². The Morgan fingerprint density at radius 3 is 2.04 bits per heavy atom. The second kappa shape index (κ2) is 11.6. The maximum Gasteiger partial charge on any atom is 0.165 e. The second-order valence-electron chi connectivity index (χ2n) is 13.5. The smallest absolute Gasteiger partial charge is 0.165 e. The number of thiophene rings is 1. The number of allylic oxidation sites excluding steroid dienone is 4. The molecule has 1 aliphatic carbocycles. The van der Waals surface area contributed by atoms with E-state index in [1.54, 1.807) is 0 Å². The highest BCUT2D eigenvalue weighted by Crippen LogP contribution is 2.44. The SMILES string of the molecule is C1=CCCC(c2nc(-c3ccc4ccccc4c3)nc(-c3cccc4c3sc3c(-n5c6ccccc6c6cc7ccccc7cc65)cccc34)n2)=C1. The zero-order chi connectivity index (χ0) is 34.2. The van der Waals surface area contributed by atoms with E-state index in [9.17, 15) is 0 Å². The second-order valence-corrected chi connectivity index (χ2v) is 14.6. The van der Waals surface area contributed by atoms with Gasteiger partial charge in [-0.05, 0) is 76.4 Å². The van der Waals surface area contributed by atoms with Gasteiger partial charge in [0.05, 0.1) is 21.4 Å². The molecule has 0 aliphatic heterocycles. The standard InChI is InChI=1S/C47H30N4S/c1-2-13-30(14-3-1)45-48-46(34-25-24-29-12-4-5-15-31(29)26-34)50-47(49-45)38-21-10-19-36-37-20-11-23-41(44(37)52-43(36)38)51-40-22-9-8-18-35(40)39-27-32-16-6-7-17-33(32)28-42(39)51/h1-2,4-13,15-28H,3,14H2. The van der Waals surface area contributed by atoms with Crippen LogP contribution in [0.15, 0.2) is 158 Å². The average Bonchev–Trinajstić information content (AvgIpc) is 3.75. The summed E-state index contributed by atoms with van der Waals surface area (Å²) in [5.74, 6) is 2.14. The molecule has 0 atom stereocenters. The van der Waals surface area contributed by atoms with Gasteiger partial charge in [0.1, 0.15) is 0 Å². The summed E-state index contributed by atoms with van der Waals surface area (Å²) in [6, 6.07) is 50.3. The Kier molecular flexibility index (Phi) is 6.51. The van der Waals surface area contributed by atoms with Crippen molar-refractivity contribution in [3.05, 3.63) is 164 Å². The van der Waals surface area contributed by atoms with Gasteiger partial charge in [-0.15, -0.1) is 11.3 Å². The van der Waals surface area contributed by atoms with Gasteiger partial charge in [-0.2, -0.15) is 0 Å². The van der Waals surface area contributed by atoms with Crippen LogP contribution in [-0.4, -0.2) is 19.5 Å². The molecule has 3 aromatic heterocycles. The van der Waals surface area contributed by atoms with Crippen molar-refractivity contribution in [3.63, 3.8) is 0 Å². The number of hydrogen-bond donors (Lipinski definition) is 0. The number of rotatable bonds is 4. The molecule has 4 nitrogen and oxygen atoms in total. The first-order chi connectivity index (χ1) is 25.8. The van der Waals surface area contributed by atoms with Crippen LogP contribution in [0.3, 0.4) is 0 Å². The minimum atomic E-state index is 0.692. The summed E-state index contributed by atoms with van der Waals surface area (Å²) in [4.78, 5) is 15.5. The van der Waals surface area contributed by atoms with E-state index in [1.165, 1.54) is 69.2 Å². The van der Waals surface area contributed by atoms with Crippen molar-refractivity contribution in [2.75, 3.05) is 0 Å². The molecule has 244 valence electrons. The third-order valence-corrected chi connectivity index (χ3v) is 11.7. The lowest BCUT2D eigenvalue weighted by Gasteiger charge is -2.12. The van der Waals surface area contributed by atoms with Gasteiger partial charge in [-0.1, -0.05) is 121 Å². The molecular weight excluding hydrogens is 653 g/mol. The molecule has 0 fully saturated rings. The number of fused-ring (bicyclic) bond motifs is 8. The Bertz CT molecular complexity index is 3140. The Labute approximate surface area is 303 Å². The van der Waals surface area contributed by atoms with Gasteiger partial charge in [-0.25, -0.2) is 15.0 Å². The molecule has 10 aromatic rings. The van der Waals surface area contributed by atoms with Crippen molar-refractivity contribution in [3.8, 4) is 28.5 Å². The lowest BCUT2D eigenvalue weighted by molar-refractivity contribution is 0.979. The third kappa shape index (κ3) is 4.56. The van der Waals surface area contributed by atoms with Crippen molar-refractivity contribution in [1.29, 1.82) is 0 Å². The topological polar surface area (TPSA) is 43.6 Å². The van der Waals surface area contributed by atoms with Gasteiger partial charge in [0.25, 0.3) is 0 Å². The highest BCUT2D eigenvalue weighted by atomic mass is 32.1. The van der Waals surface area contributed by atoms with Crippen LogP contribution in [0.1, 0.15) is 18.7 Å². The normalized spacial score (nSPS) is 13.3. The summed E-state index contributed by atoms with van der Waals surface area (Å²) < 4.78 is 4.87. The predicted molar refractivity (Wildman–Crippen MR) is 219 cm³/mol. The van der Waals surface area contributed by atoms with E-state index in [0.717, 1.165) is 35.4 Å². The van der Waals surface area contributed by atoms with Gasteiger partial charge in [0.15, 0.2) is 17.5 Å². The maximum absolute atomic E-state index is 5.21. The zero-order valence-corrected chi connectivity index (χ0v) is 28.9. The van der Waals surface area contributed by atoms with E-state index < -0.39 is 0 Å². The van der Waals surface area contributed by atoms with E-state index >= 15 is 0 Å². The molecule has 1 aliphatic rings. The lowest BCUT2D eigenvalue weighted by atomic mass is 10.0. The monoisotopic (exact) mass is 682 g/mol. The van der Waals surface area contributed by atoms with E-state index in [4.69, 9.17) is 15.0 Å². The fraction of sp³-hybridized carbons (Fsp3) is 0.0426. The summed E-state index contributed by atoms with van der Waals surface area (Å²) in [5, 5.41) is 9.81. The first-order valence-corrected chi connectivity index (χ1v) is 18.6. The Balaban J connectivity index is 1.16. The fourth-order valence-electron chi connectivity index (χ4n) is 7.96. The molecular formula is C47H30N4S. The van der Waals surface area contributed by atoms with Crippen LogP contribution < -0.4 is 0 Å². The van der Waals surface area contributed by atoms with Crippen LogP contribution in [0.25, 0.3) is 97.6 Å². The van der Waals surface area contributed by atoms with Gasteiger partial charge < -0.3 is 4.57 Å². The molecule has 11 rings (SSSR count). The molecule has 0 unspecified atom stereocenters. The minimum Gasteiger partial charge on any atom is -0.308 e. The van der Waals surface area contributed by atoms with Crippen molar-refractivity contribution in [1.82, 2.24) is 19.5 Å². The molecule has 5 heteroatoms. The Morgan fingerprint density at radius 2 is 1.19 bits per heavy atom. The maximum atomic E-state index is 5.21. The largest absolute Gasteiger partial charge is 0.308 e. The van der Waals surface area contributed by atoms with Crippen LogP contribution in [0.2, 0.25) is 0 Å². The molecule has 0 N–H and O–H groups in total. The molecule has 3 heterocycles.